The fourth-order valence-electron chi connectivity index (χ4n) is 1.89. The van der Waals surface area contributed by atoms with Gasteiger partial charge in [-0.05, 0) is 16.8 Å². The van der Waals surface area contributed by atoms with Gasteiger partial charge in [0.1, 0.15) is 12.7 Å². The van der Waals surface area contributed by atoms with Crippen molar-refractivity contribution in [2.75, 3.05) is 0 Å². The molecule has 0 saturated heterocycles. The number of nitro groups is 1. The molecule has 122 valence electrons. The molecule has 0 fully saturated rings. The number of carbonyl (C=O) groups is 1. The van der Waals surface area contributed by atoms with E-state index in [9.17, 15) is 19.3 Å². The summed E-state index contributed by atoms with van der Waals surface area (Å²) in [6.45, 7) is 2.96. The van der Waals surface area contributed by atoms with Gasteiger partial charge in [-0.2, -0.15) is 14.6 Å². The molecule has 0 aliphatic carbocycles. The molecule has 0 aliphatic heterocycles. The highest BCUT2D eigenvalue weighted by Crippen LogP contribution is 2.10. The molecule has 0 spiro atoms. The Balaban J connectivity index is 2.00. The van der Waals surface area contributed by atoms with Gasteiger partial charge in [0.25, 0.3) is 5.91 Å². The molecule has 0 radical (unpaired) electrons. The van der Waals surface area contributed by atoms with E-state index in [-0.39, 0.29) is 17.9 Å². The number of imidazole rings is 1. The van der Waals surface area contributed by atoms with E-state index in [0.717, 1.165) is 17.1 Å². The van der Waals surface area contributed by atoms with Gasteiger partial charge in [-0.1, -0.05) is 0 Å². The Morgan fingerprint density at radius 2 is 2.26 bits per heavy atom. The second kappa shape index (κ2) is 6.34. The number of nitrogens with one attached hydrogen (secondary N) is 1. The predicted octanol–water partition coefficient (Wildman–Crippen LogP) is 0.431. The zero-order chi connectivity index (χ0) is 17.1. The molecule has 0 bridgehead atoms. The van der Waals surface area contributed by atoms with E-state index in [0.29, 0.717) is 11.5 Å². The number of aromatic nitrogens is 4. The first-order chi connectivity index (χ1) is 10.8. The van der Waals surface area contributed by atoms with Crippen molar-refractivity contribution < 1.29 is 14.1 Å². The van der Waals surface area contributed by atoms with E-state index >= 15 is 0 Å². The van der Waals surface area contributed by atoms with Gasteiger partial charge in [0.2, 0.25) is 11.8 Å². The molecule has 2 heterocycles. The number of aryl methyl sites for hydroxylation is 3. The summed E-state index contributed by atoms with van der Waals surface area (Å²) in [7, 11) is 1.45. The summed E-state index contributed by atoms with van der Waals surface area (Å²) < 4.78 is 16.0. The van der Waals surface area contributed by atoms with Crippen LogP contribution in [-0.2, 0) is 18.4 Å². The first-order valence-corrected chi connectivity index (χ1v) is 6.48. The molecule has 0 aliphatic rings. The van der Waals surface area contributed by atoms with Crippen LogP contribution in [0.1, 0.15) is 17.1 Å². The van der Waals surface area contributed by atoms with E-state index in [1.54, 1.807) is 6.92 Å². The topological polar surface area (TPSA) is 120 Å². The minimum absolute atomic E-state index is 0.169. The van der Waals surface area contributed by atoms with Crippen molar-refractivity contribution >= 4 is 17.9 Å². The minimum Gasteiger partial charge on any atom is -0.358 e. The molecule has 2 rings (SSSR count). The van der Waals surface area contributed by atoms with Crippen molar-refractivity contribution in [2.45, 2.75) is 20.4 Å². The second-order valence-electron chi connectivity index (χ2n) is 4.74. The third-order valence-corrected chi connectivity index (χ3v) is 3.04. The van der Waals surface area contributed by atoms with Crippen molar-refractivity contribution in [3.05, 3.63) is 39.3 Å². The Bertz CT molecular complexity index is 793. The SMILES string of the molecule is Cc1nn(C)c(F)c1C=NNC(=O)Cn1cc([N+](=O)[O-])nc1C. The normalized spacial score (nSPS) is 11.1. The summed E-state index contributed by atoms with van der Waals surface area (Å²) in [5, 5.41) is 18.1. The van der Waals surface area contributed by atoms with E-state index in [4.69, 9.17) is 0 Å². The van der Waals surface area contributed by atoms with Crippen LogP contribution in [0.2, 0.25) is 0 Å². The van der Waals surface area contributed by atoms with Gasteiger partial charge in [-0.25, -0.2) is 10.1 Å². The number of amides is 1. The zero-order valence-corrected chi connectivity index (χ0v) is 12.6. The average Bonchev–Trinajstić information content (AvgIpc) is 2.94. The van der Waals surface area contributed by atoms with Crippen LogP contribution in [0.5, 0.6) is 0 Å². The quantitative estimate of drug-likeness (QED) is 0.486. The van der Waals surface area contributed by atoms with Crippen molar-refractivity contribution in [2.24, 2.45) is 12.1 Å². The monoisotopic (exact) mass is 323 g/mol. The summed E-state index contributed by atoms with van der Waals surface area (Å²) in [6.07, 6.45) is 2.31. The molecule has 2 aromatic rings. The van der Waals surface area contributed by atoms with Crippen molar-refractivity contribution in [1.29, 1.82) is 0 Å². The van der Waals surface area contributed by atoms with Crippen LogP contribution in [0.15, 0.2) is 11.3 Å². The number of hydrazone groups is 1. The summed E-state index contributed by atoms with van der Waals surface area (Å²) in [4.78, 5) is 25.4. The van der Waals surface area contributed by atoms with Crippen LogP contribution in [0, 0.1) is 29.9 Å². The van der Waals surface area contributed by atoms with Crippen LogP contribution in [0.25, 0.3) is 0 Å². The maximum atomic E-state index is 13.6. The Morgan fingerprint density at radius 1 is 1.57 bits per heavy atom. The molecule has 1 amide bonds. The summed E-state index contributed by atoms with van der Waals surface area (Å²) in [6, 6.07) is 0. The maximum Gasteiger partial charge on any atom is 0.381 e. The lowest BCUT2D eigenvalue weighted by molar-refractivity contribution is -0.389. The molecule has 23 heavy (non-hydrogen) atoms. The molecule has 2 aromatic heterocycles. The molecule has 0 atom stereocenters. The standard InChI is InChI=1S/C12H14FN7O3/c1-7-9(12(13)18(3)17-7)4-14-16-11(21)6-19-5-10(20(22)23)15-8(19)2/h4-5H,6H2,1-3H3,(H,16,21). The van der Waals surface area contributed by atoms with Gasteiger partial charge >= 0.3 is 5.82 Å². The van der Waals surface area contributed by atoms with Gasteiger partial charge < -0.3 is 10.1 Å². The molecule has 1 N–H and O–H groups in total. The number of nitrogens with zero attached hydrogens (tertiary/aromatic N) is 6. The Morgan fingerprint density at radius 3 is 2.78 bits per heavy atom. The van der Waals surface area contributed by atoms with Gasteiger partial charge in [-0.15, -0.1) is 0 Å². The summed E-state index contributed by atoms with van der Waals surface area (Å²) in [5.41, 5.74) is 2.82. The lowest BCUT2D eigenvalue weighted by Gasteiger charge is -2.00. The first kappa shape index (κ1) is 16.3. The predicted molar refractivity (Wildman–Crippen MR) is 77.3 cm³/mol. The van der Waals surface area contributed by atoms with Crippen LogP contribution in [0.3, 0.4) is 0 Å². The number of carbonyl (C=O) groups excluding carboxylic acids is 1. The Kier molecular flexibility index (Phi) is 4.48. The molecule has 0 unspecified atom stereocenters. The van der Waals surface area contributed by atoms with Gasteiger partial charge in [0.15, 0.2) is 0 Å². The Hall–Kier alpha value is -3.11. The fraction of sp³-hybridized carbons (Fsp3) is 0.333. The number of hydrogen-bond acceptors (Lipinski definition) is 6. The van der Waals surface area contributed by atoms with E-state index in [2.05, 4.69) is 20.6 Å². The first-order valence-electron chi connectivity index (χ1n) is 6.48. The molecular formula is C12H14FN7O3. The van der Waals surface area contributed by atoms with E-state index in [1.807, 2.05) is 0 Å². The minimum atomic E-state index is -0.645. The smallest absolute Gasteiger partial charge is 0.358 e. The van der Waals surface area contributed by atoms with Crippen LogP contribution < -0.4 is 5.43 Å². The highest BCUT2D eigenvalue weighted by atomic mass is 19.1. The second-order valence-corrected chi connectivity index (χ2v) is 4.74. The lowest BCUT2D eigenvalue weighted by Crippen LogP contribution is -2.23. The summed E-state index contributed by atoms with van der Waals surface area (Å²) >= 11 is 0. The third-order valence-electron chi connectivity index (χ3n) is 3.04. The maximum absolute atomic E-state index is 13.6. The number of hydrogen-bond donors (Lipinski definition) is 1. The van der Waals surface area contributed by atoms with Crippen LogP contribution in [-0.4, -0.2) is 36.4 Å². The highest BCUT2D eigenvalue weighted by molar-refractivity contribution is 5.83. The van der Waals surface area contributed by atoms with E-state index in [1.165, 1.54) is 18.5 Å². The van der Waals surface area contributed by atoms with Crippen molar-refractivity contribution in [3.63, 3.8) is 0 Å². The third kappa shape index (κ3) is 3.56. The highest BCUT2D eigenvalue weighted by Gasteiger charge is 2.16. The zero-order valence-electron chi connectivity index (χ0n) is 12.6. The summed E-state index contributed by atoms with van der Waals surface area (Å²) in [5.74, 6) is -1.11. The van der Waals surface area contributed by atoms with Crippen LogP contribution in [0.4, 0.5) is 10.2 Å². The Labute approximate surface area is 129 Å². The van der Waals surface area contributed by atoms with Crippen molar-refractivity contribution in [1.82, 2.24) is 24.8 Å². The molecule has 0 saturated carbocycles. The fourth-order valence-corrected chi connectivity index (χ4v) is 1.89. The largest absolute Gasteiger partial charge is 0.381 e. The van der Waals surface area contributed by atoms with Crippen molar-refractivity contribution in [3.8, 4) is 0 Å². The van der Waals surface area contributed by atoms with Gasteiger partial charge in [-0.3, -0.25) is 9.36 Å². The molecule has 0 aromatic carbocycles. The van der Waals surface area contributed by atoms with E-state index < -0.39 is 16.8 Å². The van der Waals surface area contributed by atoms with Gasteiger partial charge in [0.05, 0.1) is 17.5 Å². The van der Waals surface area contributed by atoms with Crippen LogP contribution >= 0.6 is 0 Å². The molecule has 11 heteroatoms. The average molecular weight is 323 g/mol. The molecular weight excluding hydrogens is 309 g/mol. The number of halogens is 1. The number of rotatable bonds is 5. The lowest BCUT2D eigenvalue weighted by atomic mass is 10.3. The van der Waals surface area contributed by atoms with Gasteiger partial charge in [0, 0.05) is 14.0 Å². The molecule has 10 nitrogen and oxygen atoms in total.